The standard InChI is InChI=1S/C61H72F4N11O13PS/c1-2-3-4-33-5-7-34(8-6-33)25-44(59(85)73-23-20-39(21-24-73)74-29-38(30-74)67-37-10-12-41-42(28-37)58(84)76(57(41)83)47-15-18-52(78)71-55(47)81)69-53(79)43(13-17-51(66)77)68-54(80)46-14-11-40-19-22-72(32-50(62)63)31-45(60(86)75(40)46)70-56(82)49-27-35-26-36(9-16-48(35)91-49)61(64,65)90(87,88)89/h5-10,12,16,26-28,38-40,43-47,50,67H,2-4,11,13-15,17-25,29-32H2,1H3,(H2,66,77)(H,68,80)(H,69,79)(H,70,82)(H,71,78,81)(H2,87,88,89)/t40-,43+,44+,45+,46+,47?/m1/s1. The van der Waals surface area contributed by atoms with E-state index < -0.39 is 128 Å². The Labute approximate surface area is 524 Å². The van der Waals surface area contributed by atoms with Crippen LogP contribution in [0.25, 0.3) is 10.1 Å². The topological polar surface area (TPSA) is 331 Å². The van der Waals surface area contributed by atoms with Crippen molar-refractivity contribution in [2.24, 2.45) is 5.73 Å². The van der Waals surface area contributed by atoms with Crippen molar-refractivity contribution in [3.05, 3.63) is 99.4 Å². The minimum atomic E-state index is -5.94. The van der Waals surface area contributed by atoms with Crippen molar-refractivity contribution >= 4 is 93.8 Å². The first-order valence-electron chi connectivity index (χ1n) is 30.5. The lowest BCUT2D eigenvalue weighted by molar-refractivity contribution is -0.144. The minimum absolute atomic E-state index is 0.00450. The van der Waals surface area contributed by atoms with Crippen LogP contribution >= 0.6 is 18.9 Å². The maximum Gasteiger partial charge on any atom is 0.399 e. The fourth-order valence-electron chi connectivity index (χ4n) is 13.0. The highest BCUT2D eigenvalue weighted by molar-refractivity contribution is 7.52. The molecular weight excluding hydrogens is 1230 g/mol. The average Bonchev–Trinajstić information content (AvgIpc) is 1.67. The van der Waals surface area contributed by atoms with Gasteiger partial charge in [-0.25, -0.2) is 8.78 Å². The van der Waals surface area contributed by atoms with Crippen LogP contribution in [0.4, 0.5) is 23.2 Å². The number of nitrogens with one attached hydrogen (secondary N) is 5. The largest absolute Gasteiger partial charge is 0.399 e. The number of amides is 10. The van der Waals surface area contributed by atoms with Crippen LogP contribution in [0, 0.1) is 0 Å². The highest BCUT2D eigenvalue weighted by atomic mass is 32.1. The third kappa shape index (κ3) is 14.8. The van der Waals surface area contributed by atoms with Crippen LogP contribution in [-0.2, 0) is 56.6 Å². The summed E-state index contributed by atoms with van der Waals surface area (Å²) >= 11 is 0.812. The second-order valence-corrected chi connectivity index (χ2v) is 27.0. The third-order valence-corrected chi connectivity index (χ3v) is 20.1. The summed E-state index contributed by atoms with van der Waals surface area (Å²) in [4.78, 5) is 162. The summed E-state index contributed by atoms with van der Waals surface area (Å²) < 4.78 is 69.1. The van der Waals surface area contributed by atoms with E-state index in [1.54, 1.807) is 23.1 Å². The molecule has 6 atom stereocenters. The first-order valence-corrected chi connectivity index (χ1v) is 32.9. The summed E-state index contributed by atoms with van der Waals surface area (Å²) in [5.41, 5.74) is 2.80. The van der Waals surface area contributed by atoms with E-state index in [0.717, 1.165) is 64.8 Å². The molecule has 3 aromatic carbocycles. The zero-order valence-electron chi connectivity index (χ0n) is 49.8. The van der Waals surface area contributed by atoms with Gasteiger partial charge in [0.15, 0.2) is 0 Å². The summed E-state index contributed by atoms with van der Waals surface area (Å²) in [5.74, 6) is -6.88. The number of thiophene rings is 1. The number of hydrogen-bond acceptors (Lipinski definition) is 15. The molecule has 10 amide bonds. The number of hydrogen-bond donors (Lipinski definition) is 8. The number of halogens is 4. The summed E-state index contributed by atoms with van der Waals surface area (Å²) in [7, 11) is -5.94. The Balaban J connectivity index is 0.798. The SMILES string of the molecule is CCCCc1ccc(C[C@H](NC(=O)[C@H](CCC(N)=O)NC(=O)[C@@H]2CC[C@@H]3CCN(CC(F)F)C[C@H](NC(=O)c4cc5cc(C(F)(F)P(=O)(O)O)ccc5s4)C(=O)N32)C(=O)N2CCC(N3CC(Nc4ccc5c(c4)C(=O)N(C4CCC(=O)NC4=O)C5=O)C3)CC2)cc1. The van der Waals surface area contributed by atoms with Gasteiger partial charge in [0.25, 0.3) is 24.1 Å². The summed E-state index contributed by atoms with van der Waals surface area (Å²) in [6, 6.07) is 9.39. The van der Waals surface area contributed by atoms with Gasteiger partial charge in [-0.3, -0.25) is 72.5 Å². The van der Waals surface area contributed by atoms with Crippen molar-refractivity contribution in [3.8, 4) is 0 Å². The molecule has 30 heteroatoms. The lowest BCUT2D eigenvalue weighted by atomic mass is 9.95. The van der Waals surface area contributed by atoms with Gasteiger partial charge in [-0.1, -0.05) is 43.7 Å². The van der Waals surface area contributed by atoms with Crippen LogP contribution in [0.15, 0.2) is 66.7 Å². The summed E-state index contributed by atoms with van der Waals surface area (Å²) in [6.07, 6.45) is 1.03. The number of unbranched alkanes of at least 4 members (excludes halogenated alkanes) is 1. The lowest BCUT2D eigenvalue weighted by Crippen LogP contribution is -2.62. The number of alkyl halides is 4. The Morgan fingerprint density at radius 2 is 1.52 bits per heavy atom. The van der Waals surface area contributed by atoms with E-state index in [0.29, 0.717) is 44.7 Å². The van der Waals surface area contributed by atoms with Gasteiger partial charge >= 0.3 is 13.3 Å². The number of fused-ring (bicyclic) bond motifs is 3. The number of anilines is 1. The van der Waals surface area contributed by atoms with E-state index in [1.807, 2.05) is 24.3 Å². The van der Waals surface area contributed by atoms with Crippen molar-refractivity contribution in [1.29, 1.82) is 0 Å². The molecule has 1 unspecified atom stereocenters. The van der Waals surface area contributed by atoms with E-state index in [4.69, 9.17) is 5.73 Å². The summed E-state index contributed by atoms with van der Waals surface area (Å²) in [6.45, 7) is 2.89. The Bertz CT molecular complexity index is 3560. The van der Waals surface area contributed by atoms with Crippen LogP contribution in [0.1, 0.15) is 125 Å². The van der Waals surface area contributed by atoms with Crippen molar-refractivity contribution in [3.63, 3.8) is 0 Å². The molecule has 0 bridgehead atoms. The second-order valence-electron chi connectivity index (χ2n) is 24.2. The number of nitrogens with zero attached hydrogens (tertiary/aromatic N) is 5. The predicted octanol–water partition coefficient (Wildman–Crippen LogP) is 3.57. The molecule has 0 radical (unpaired) electrons. The number of benzene rings is 3. The van der Waals surface area contributed by atoms with E-state index in [2.05, 4.69) is 38.4 Å². The monoisotopic (exact) mass is 1310 g/mol. The quantitative estimate of drug-likeness (QED) is 0.0299. The van der Waals surface area contributed by atoms with Gasteiger partial charge in [0.05, 0.1) is 28.6 Å². The van der Waals surface area contributed by atoms with E-state index in [-0.39, 0.29) is 102 Å². The number of piperidine rings is 2. The number of aryl methyl sites for hydroxylation is 1. The fourth-order valence-corrected chi connectivity index (χ4v) is 14.5. The fraction of sp³-hybridized carbons (Fsp3) is 0.508. The average molecular weight is 1310 g/mol. The molecule has 7 heterocycles. The zero-order chi connectivity index (χ0) is 65.2. The number of nitrogens with two attached hydrogens (primary N) is 1. The predicted molar refractivity (Wildman–Crippen MR) is 322 cm³/mol. The molecule has 0 spiro atoms. The highest BCUT2D eigenvalue weighted by Gasteiger charge is 2.51. The van der Waals surface area contributed by atoms with E-state index in [9.17, 15) is 79.9 Å². The van der Waals surface area contributed by atoms with Gasteiger partial charge in [0, 0.05) is 86.6 Å². The Hall–Kier alpha value is -7.69. The highest BCUT2D eigenvalue weighted by Crippen LogP contribution is 2.59. The van der Waals surface area contributed by atoms with Gasteiger partial charge in [0.2, 0.25) is 41.4 Å². The molecule has 5 fully saturated rings. The van der Waals surface area contributed by atoms with E-state index >= 15 is 0 Å². The van der Waals surface area contributed by atoms with Gasteiger partial charge in [-0.2, -0.15) is 8.78 Å². The van der Waals surface area contributed by atoms with Crippen LogP contribution in [-0.4, -0.2) is 194 Å². The molecule has 488 valence electrons. The van der Waals surface area contributed by atoms with Crippen molar-refractivity contribution in [2.45, 2.75) is 151 Å². The van der Waals surface area contributed by atoms with Crippen molar-refractivity contribution in [1.82, 2.24) is 45.8 Å². The number of carbonyl (C=O) groups excluding carboxylic acids is 10. The molecule has 24 nitrogen and oxygen atoms in total. The van der Waals surface area contributed by atoms with Gasteiger partial charge in [0.1, 0.15) is 30.2 Å². The molecular formula is C61H72F4N11O13PS. The molecule has 6 aliphatic rings. The lowest BCUT2D eigenvalue weighted by Gasteiger charge is -2.47. The molecule has 1 aromatic heterocycles. The second kappa shape index (κ2) is 27.6. The molecule has 91 heavy (non-hydrogen) atoms. The van der Waals surface area contributed by atoms with Crippen LogP contribution in [0.5, 0.6) is 0 Å². The van der Waals surface area contributed by atoms with Crippen molar-refractivity contribution < 1.29 is 79.9 Å². The Kier molecular flexibility index (Phi) is 20.1. The number of imide groups is 2. The minimum Gasteiger partial charge on any atom is -0.380 e. The maximum absolute atomic E-state index is 14.8. The Morgan fingerprint density at radius 1 is 0.813 bits per heavy atom. The number of primary amides is 1. The Morgan fingerprint density at radius 3 is 2.20 bits per heavy atom. The van der Waals surface area contributed by atoms with Crippen LogP contribution in [0.3, 0.4) is 0 Å². The zero-order valence-corrected chi connectivity index (χ0v) is 51.5. The van der Waals surface area contributed by atoms with Crippen LogP contribution in [0.2, 0.25) is 0 Å². The molecule has 6 aliphatic heterocycles. The molecule has 10 rings (SSSR count). The normalized spacial score (nSPS) is 22.0. The first kappa shape index (κ1) is 66.2. The molecule has 4 aromatic rings. The number of likely N-dealkylation sites (tertiary alicyclic amines) is 2. The smallest absolute Gasteiger partial charge is 0.380 e. The first-order chi connectivity index (χ1) is 43.3. The van der Waals surface area contributed by atoms with Gasteiger partial charge in [-0.05, 0) is 111 Å². The number of carbonyl (C=O) groups is 10. The number of rotatable bonds is 23. The van der Waals surface area contributed by atoms with Crippen molar-refractivity contribution in [2.75, 3.05) is 51.1 Å². The van der Waals surface area contributed by atoms with Gasteiger partial charge < -0.3 is 46.6 Å². The molecule has 9 N–H and O–H groups in total. The third-order valence-electron chi connectivity index (χ3n) is 18.0. The maximum atomic E-state index is 14.8. The van der Waals surface area contributed by atoms with Gasteiger partial charge in [-0.15, -0.1) is 11.3 Å². The van der Waals surface area contributed by atoms with Crippen LogP contribution < -0.4 is 32.3 Å². The molecule has 0 aliphatic carbocycles. The van der Waals surface area contributed by atoms with E-state index in [1.165, 1.54) is 15.9 Å². The summed E-state index contributed by atoms with van der Waals surface area (Å²) in [5, 5.41) is 13.8. The molecule has 5 saturated heterocycles. The molecule has 0 saturated carbocycles.